The summed E-state index contributed by atoms with van der Waals surface area (Å²) in [6.45, 7) is 4.02. The van der Waals surface area contributed by atoms with Gasteiger partial charge in [-0.1, -0.05) is 19.1 Å². The summed E-state index contributed by atoms with van der Waals surface area (Å²) in [5.41, 5.74) is 3.52. The van der Waals surface area contributed by atoms with E-state index >= 15 is 0 Å². The minimum Gasteiger partial charge on any atom is -0.481 e. The third-order valence-electron chi connectivity index (χ3n) is 3.93. The summed E-state index contributed by atoms with van der Waals surface area (Å²) in [7, 11) is 0. The van der Waals surface area contributed by atoms with Crippen LogP contribution in [0.5, 0.6) is 0 Å². The number of halogens is 1. The van der Waals surface area contributed by atoms with Gasteiger partial charge in [-0.2, -0.15) is 0 Å². The van der Waals surface area contributed by atoms with E-state index in [4.69, 9.17) is 9.52 Å². The molecule has 26 heavy (non-hydrogen) atoms. The highest BCUT2D eigenvalue weighted by atomic mass is 127. The zero-order valence-electron chi connectivity index (χ0n) is 14.4. The maximum absolute atomic E-state index is 10.8. The molecule has 2 aromatic heterocycles. The Morgan fingerprint density at radius 3 is 2.50 bits per heavy atom. The average molecular weight is 463 g/mol. The molecule has 0 bridgehead atoms. The third-order valence-corrected chi connectivity index (χ3v) is 4.51. The van der Waals surface area contributed by atoms with Gasteiger partial charge < -0.3 is 14.8 Å². The molecule has 0 aliphatic heterocycles. The van der Waals surface area contributed by atoms with Crippen LogP contribution in [0.4, 0.5) is 11.5 Å². The summed E-state index contributed by atoms with van der Waals surface area (Å²) >= 11 is 2.11. The highest BCUT2D eigenvalue weighted by molar-refractivity contribution is 14.1. The Bertz CT molecular complexity index is 936. The number of carbonyl (C=O) groups is 1. The van der Waals surface area contributed by atoms with Crippen molar-refractivity contribution in [2.45, 2.75) is 26.7 Å². The molecule has 2 heterocycles. The van der Waals surface area contributed by atoms with Gasteiger partial charge in [0.05, 0.1) is 6.42 Å². The van der Waals surface area contributed by atoms with Gasteiger partial charge in [-0.05, 0) is 65.8 Å². The molecule has 0 atom stereocenters. The van der Waals surface area contributed by atoms with E-state index in [0.717, 1.165) is 38.5 Å². The zero-order valence-corrected chi connectivity index (χ0v) is 16.6. The summed E-state index contributed by atoms with van der Waals surface area (Å²) in [5, 5.41) is 12.2. The van der Waals surface area contributed by atoms with Gasteiger partial charge in [0.2, 0.25) is 0 Å². The standard InChI is InChI=1S/C19H18IN3O3/c1-3-14-11(2)21-19(15-8-9-16(20)26-15)23-18(14)22-13-6-4-12(5-7-13)10-17(24)25/h4-9H,3,10H2,1-2H3,(H,24,25)(H,21,22,23). The first-order chi connectivity index (χ1) is 12.5. The van der Waals surface area contributed by atoms with Crippen molar-refractivity contribution >= 4 is 40.1 Å². The molecular formula is C19H18IN3O3. The monoisotopic (exact) mass is 463 g/mol. The number of benzene rings is 1. The van der Waals surface area contributed by atoms with Gasteiger partial charge in [0.25, 0.3) is 0 Å². The number of nitrogens with one attached hydrogen (secondary N) is 1. The van der Waals surface area contributed by atoms with Crippen LogP contribution in [-0.4, -0.2) is 21.0 Å². The van der Waals surface area contributed by atoms with Crippen molar-refractivity contribution in [2.24, 2.45) is 0 Å². The number of aliphatic carboxylic acids is 1. The van der Waals surface area contributed by atoms with E-state index in [1.165, 1.54) is 0 Å². The van der Waals surface area contributed by atoms with Gasteiger partial charge >= 0.3 is 5.97 Å². The van der Waals surface area contributed by atoms with E-state index in [1.807, 2.05) is 31.2 Å². The number of aromatic nitrogens is 2. The molecule has 0 fully saturated rings. The Balaban J connectivity index is 1.92. The second-order valence-corrected chi connectivity index (χ2v) is 6.87. The fourth-order valence-electron chi connectivity index (χ4n) is 2.68. The van der Waals surface area contributed by atoms with Crippen LogP contribution in [0.2, 0.25) is 0 Å². The Labute approximate surface area is 164 Å². The number of hydrogen-bond donors (Lipinski definition) is 2. The van der Waals surface area contributed by atoms with Crippen molar-refractivity contribution in [1.29, 1.82) is 0 Å². The van der Waals surface area contributed by atoms with Crippen molar-refractivity contribution in [3.63, 3.8) is 0 Å². The average Bonchev–Trinajstić information content (AvgIpc) is 3.02. The maximum Gasteiger partial charge on any atom is 0.307 e. The molecule has 0 unspecified atom stereocenters. The molecule has 6 nitrogen and oxygen atoms in total. The summed E-state index contributed by atoms with van der Waals surface area (Å²) < 4.78 is 6.41. The van der Waals surface area contributed by atoms with E-state index in [1.54, 1.807) is 12.1 Å². The van der Waals surface area contributed by atoms with Crippen LogP contribution in [0.15, 0.2) is 40.8 Å². The first-order valence-corrected chi connectivity index (χ1v) is 9.25. The van der Waals surface area contributed by atoms with E-state index in [0.29, 0.717) is 11.6 Å². The zero-order chi connectivity index (χ0) is 18.7. The van der Waals surface area contributed by atoms with Crippen molar-refractivity contribution in [2.75, 3.05) is 5.32 Å². The number of aryl methyl sites for hydroxylation is 1. The van der Waals surface area contributed by atoms with E-state index in [2.05, 4.69) is 44.8 Å². The second-order valence-electron chi connectivity index (χ2n) is 5.81. The molecule has 0 aliphatic rings. The fourth-order valence-corrected chi connectivity index (χ4v) is 3.10. The molecule has 134 valence electrons. The first-order valence-electron chi connectivity index (χ1n) is 8.17. The number of nitrogens with zero attached hydrogens (tertiary/aromatic N) is 2. The largest absolute Gasteiger partial charge is 0.481 e. The Morgan fingerprint density at radius 2 is 1.92 bits per heavy atom. The van der Waals surface area contributed by atoms with Crippen LogP contribution in [0.3, 0.4) is 0 Å². The van der Waals surface area contributed by atoms with Gasteiger partial charge in [-0.25, -0.2) is 9.97 Å². The number of rotatable bonds is 6. The third kappa shape index (κ3) is 4.21. The fraction of sp³-hybridized carbons (Fsp3) is 0.211. The predicted octanol–water partition coefficient (Wildman–Crippen LogP) is 4.58. The van der Waals surface area contributed by atoms with E-state index < -0.39 is 5.97 Å². The van der Waals surface area contributed by atoms with Crippen molar-refractivity contribution in [1.82, 2.24) is 9.97 Å². The highest BCUT2D eigenvalue weighted by Gasteiger charge is 2.14. The van der Waals surface area contributed by atoms with Crippen molar-refractivity contribution in [3.05, 3.63) is 57.0 Å². The van der Waals surface area contributed by atoms with Gasteiger partial charge in [-0.3, -0.25) is 4.79 Å². The molecule has 3 rings (SSSR count). The normalized spacial score (nSPS) is 10.7. The lowest BCUT2D eigenvalue weighted by Crippen LogP contribution is -2.05. The Hall–Kier alpha value is -2.42. The molecule has 0 radical (unpaired) electrons. The SMILES string of the molecule is CCc1c(C)nc(-c2ccc(I)o2)nc1Nc1ccc(CC(=O)O)cc1. The van der Waals surface area contributed by atoms with Gasteiger partial charge in [0.15, 0.2) is 15.4 Å². The molecule has 1 aromatic carbocycles. The number of furan rings is 1. The van der Waals surface area contributed by atoms with Crippen LogP contribution in [0, 0.1) is 10.7 Å². The lowest BCUT2D eigenvalue weighted by molar-refractivity contribution is -0.136. The van der Waals surface area contributed by atoms with Crippen LogP contribution in [0.25, 0.3) is 11.6 Å². The lowest BCUT2D eigenvalue weighted by Gasteiger charge is -2.13. The Kier molecular flexibility index (Phi) is 5.55. The summed E-state index contributed by atoms with van der Waals surface area (Å²) in [6, 6.07) is 11.0. The molecule has 0 aliphatic carbocycles. The Morgan fingerprint density at radius 1 is 1.19 bits per heavy atom. The molecule has 0 amide bonds. The predicted molar refractivity (Wildman–Crippen MR) is 108 cm³/mol. The molecule has 0 saturated heterocycles. The van der Waals surface area contributed by atoms with Gasteiger partial charge in [0.1, 0.15) is 5.82 Å². The van der Waals surface area contributed by atoms with Crippen LogP contribution >= 0.6 is 22.6 Å². The molecular weight excluding hydrogens is 445 g/mol. The topological polar surface area (TPSA) is 88.3 Å². The van der Waals surface area contributed by atoms with Crippen molar-refractivity contribution < 1.29 is 14.3 Å². The quantitative estimate of drug-likeness (QED) is 0.521. The summed E-state index contributed by atoms with van der Waals surface area (Å²) in [6.07, 6.45) is 0.801. The molecule has 0 saturated carbocycles. The number of carboxylic acid groups (broad SMARTS) is 1. The summed E-state index contributed by atoms with van der Waals surface area (Å²) in [4.78, 5) is 20.0. The highest BCUT2D eigenvalue weighted by Crippen LogP contribution is 2.27. The smallest absolute Gasteiger partial charge is 0.307 e. The number of hydrogen-bond acceptors (Lipinski definition) is 5. The maximum atomic E-state index is 10.8. The number of anilines is 2. The second kappa shape index (κ2) is 7.86. The van der Waals surface area contributed by atoms with Gasteiger partial charge in [-0.15, -0.1) is 0 Å². The minimum absolute atomic E-state index is 0.00832. The van der Waals surface area contributed by atoms with Gasteiger partial charge in [0, 0.05) is 16.9 Å². The van der Waals surface area contributed by atoms with Crippen LogP contribution in [0.1, 0.15) is 23.7 Å². The summed E-state index contributed by atoms with van der Waals surface area (Å²) in [5.74, 6) is 1.04. The number of carboxylic acids is 1. The molecule has 7 heteroatoms. The van der Waals surface area contributed by atoms with E-state index in [9.17, 15) is 4.79 Å². The minimum atomic E-state index is -0.844. The van der Waals surface area contributed by atoms with Crippen LogP contribution < -0.4 is 5.32 Å². The molecule has 3 aromatic rings. The molecule has 2 N–H and O–H groups in total. The molecule has 0 spiro atoms. The lowest BCUT2D eigenvalue weighted by atomic mass is 10.1. The van der Waals surface area contributed by atoms with Crippen LogP contribution in [-0.2, 0) is 17.6 Å². The van der Waals surface area contributed by atoms with E-state index in [-0.39, 0.29) is 6.42 Å². The van der Waals surface area contributed by atoms with Crippen molar-refractivity contribution in [3.8, 4) is 11.6 Å². The first kappa shape index (κ1) is 18.4.